The molecule has 6 heteroatoms. The van der Waals surface area contributed by atoms with E-state index in [9.17, 15) is 14.7 Å². The molecule has 0 radical (unpaired) electrons. The fourth-order valence-corrected chi connectivity index (χ4v) is 3.48. The van der Waals surface area contributed by atoms with Crippen LogP contribution >= 0.6 is 0 Å². The number of carboxylic acids is 1. The highest BCUT2D eigenvalue weighted by Gasteiger charge is 2.34. The number of aliphatic hydroxyl groups is 1. The van der Waals surface area contributed by atoms with Crippen molar-refractivity contribution in [2.45, 2.75) is 57.1 Å². The van der Waals surface area contributed by atoms with Gasteiger partial charge in [0.15, 0.2) is 0 Å². The van der Waals surface area contributed by atoms with Crippen molar-refractivity contribution in [2.24, 2.45) is 5.92 Å². The van der Waals surface area contributed by atoms with Gasteiger partial charge in [-0.2, -0.15) is 0 Å². The molecule has 3 atom stereocenters. The number of aliphatic hydroxyl groups excluding tert-OH is 1. The number of hydrogen-bond acceptors (Lipinski definition) is 3. The van der Waals surface area contributed by atoms with Crippen molar-refractivity contribution in [3.63, 3.8) is 0 Å². The molecular formula is C15H26N2O4. The van der Waals surface area contributed by atoms with Crippen molar-refractivity contribution in [1.29, 1.82) is 0 Å². The predicted octanol–water partition coefficient (Wildman–Crippen LogP) is 1.53. The van der Waals surface area contributed by atoms with Crippen molar-refractivity contribution in [3.05, 3.63) is 0 Å². The number of carboxylic acid groups (broad SMARTS) is 1. The third-order valence-corrected chi connectivity index (χ3v) is 4.82. The molecule has 3 unspecified atom stereocenters. The van der Waals surface area contributed by atoms with Gasteiger partial charge >= 0.3 is 12.0 Å². The first-order valence-electron chi connectivity index (χ1n) is 7.90. The molecule has 2 N–H and O–H groups in total. The van der Waals surface area contributed by atoms with Gasteiger partial charge in [0, 0.05) is 26.6 Å². The monoisotopic (exact) mass is 298 g/mol. The van der Waals surface area contributed by atoms with E-state index in [1.165, 1.54) is 0 Å². The quantitative estimate of drug-likeness (QED) is 0.824. The molecule has 1 aliphatic heterocycles. The highest BCUT2D eigenvalue weighted by atomic mass is 16.4. The molecule has 2 amide bonds. The Balaban J connectivity index is 1.84. The summed E-state index contributed by atoms with van der Waals surface area (Å²) in [5.41, 5.74) is 0. The average Bonchev–Trinajstić information content (AvgIpc) is 2.93. The molecule has 0 aromatic heterocycles. The number of hydrogen-bond donors (Lipinski definition) is 2. The molecule has 120 valence electrons. The normalized spacial score (nSPS) is 29.4. The topological polar surface area (TPSA) is 81.1 Å². The average molecular weight is 298 g/mol. The summed E-state index contributed by atoms with van der Waals surface area (Å²) in [6.45, 7) is 1.33. The standard InChI is InChI=1S/C15H26N2O4/c1-16(12-4-2-3-5-13(12)18)15(21)17-9-8-11(10-17)6-7-14(19)20/h11-13,18H,2-10H2,1H3,(H,19,20). The molecule has 2 fully saturated rings. The summed E-state index contributed by atoms with van der Waals surface area (Å²) in [6.07, 6.45) is 4.97. The summed E-state index contributed by atoms with van der Waals surface area (Å²) in [5.74, 6) is -0.489. The zero-order valence-electron chi connectivity index (χ0n) is 12.7. The maximum atomic E-state index is 12.5. The van der Waals surface area contributed by atoms with Crippen molar-refractivity contribution in [2.75, 3.05) is 20.1 Å². The van der Waals surface area contributed by atoms with Crippen LogP contribution in [0.3, 0.4) is 0 Å². The number of nitrogens with zero attached hydrogens (tertiary/aromatic N) is 2. The first kappa shape index (κ1) is 16.1. The fourth-order valence-electron chi connectivity index (χ4n) is 3.48. The second-order valence-electron chi connectivity index (χ2n) is 6.35. The van der Waals surface area contributed by atoms with Gasteiger partial charge in [0.05, 0.1) is 12.1 Å². The van der Waals surface area contributed by atoms with Gasteiger partial charge in [0.25, 0.3) is 0 Å². The Kier molecular flexibility index (Phi) is 5.45. The molecular weight excluding hydrogens is 272 g/mol. The van der Waals surface area contributed by atoms with Crippen molar-refractivity contribution in [1.82, 2.24) is 9.80 Å². The summed E-state index contributed by atoms with van der Waals surface area (Å²) in [7, 11) is 1.77. The highest BCUT2D eigenvalue weighted by molar-refractivity contribution is 5.75. The number of urea groups is 1. The van der Waals surface area contributed by atoms with E-state index in [1.807, 2.05) is 0 Å². The number of carbonyl (C=O) groups is 2. The first-order chi connectivity index (χ1) is 9.99. The van der Waals surface area contributed by atoms with Crippen LogP contribution in [0.4, 0.5) is 4.79 Å². The van der Waals surface area contributed by atoms with Crippen LogP contribution in [0.25, 0.3) is 0 Å². The van der Waals surface area contributed by atoms with E-state index in [0.29, 0.717) is 19.5 Å². The number of amides is 2. The van der Waals surface area contributed by atoms with Crippen LogP contribution in [0.1, 0.15) is 44.9 Å². The third kappa shape index (κ3) is 4.09. The molecule has 21 heavy (non-hydrogen) atoms. The number of aliphatic carboxylic acids is 1. The molecule has 0 aromatic rings. The van der Waals surface area contributed by atoms with E-state index in [4.69, 9.17) is 5.11 Å². The Morgan fingerprint density at radius 2 is 1.95 bits per heavy atom. The Labute approximate surface area is 125 Å². The Bertz CT molecular complexity index is 388. The molecule has 2 rings (SSSR count). The van der Waals surface area contributed by atoms with Crippen LogP contribution in [0.5, 0.6) is 0 Å². The third-order valence-electron chi connectivity index (χ3n) is 4.82. The number of rotatable bonds is 4. The molecule has 1 heterocycles. The van der Waals surface area contributed by atoms with Gasteiger partial charge in [-0.1, -0.05) is 12.8 Å². The second-order valence-corrected chi connectivity index (χ2v) is 6.35. The zero-order chi connectivity index (χ0) is 15.4. The Hall–Kier alpha value is -1.30. The predicted molar refractivity (Wildman–Crippen MR) is 78.0 cm³/mol. The van der Waals surface area contributed by atoms with Gasteiger partial charge in [-0.15, -0.1) is 0 Å². The number of likely N-dealkylation sites (N-methyl/N-ethyl adjacent to an activating group) is 1. The Morgan fingerprint density at radius 3 is 2.62 bits per heavy atom. The number of carbonyl (C=O) groups excluding carboxylic acids is 1. The van der Waals surface area contributed by atoms with Crippen LogP contribution in [0, 0.1) is 5.92 Å². The first-order valence-corrected chi connectivity index (χ1v) is 7.90. The van der Waals surface area contributed by atoms with E-state index in [-0.39, 0.29) is 24.4 Å². The molecule has 0 spiro atoms. The molecule has 0 bridgehead atoms. The second kappa shape index (κ2) is 7.11. The Morgan fingerprint density at radius 1 is 1.24 bits per heavy atom. The lowest BCUT2D eigenvalue weighted by atomic mass is 9.92. The lowest BCUT2D eigenvalue weighted by molar-refractivity contribution is -0.137. The van der Waals surface area contributed by atoms with Crippen LogP contribution < -0.4 is 0 Å². The van der Waals surface area contributed by atoms with Crippen molar-refractivity contribution >= 4 is 12.0 Å². The summed E-state index contributed by atoms with van der Waals surface area (Å²) in [5, 5.41) is 18.8. The van der Waals surface area contributed by atoms with Crippen LogP contribution in [-0.2, 0) is 4.79 Å². The van der Waals surface area contributed by atoms with Gasteiger partial charge in [-0.3, -0.25) is 4.79 Å². The minimum atomic E-state index is -0.776. The number of likely N-dealkylation sites (tertiary alicyclic amines) is 1. The molecule has 0 aromatic carbocycles. The van der Waals surface area contributed by atoms with E-state index in [1.54, 1.807) is 16.8 Å². The smallest absolute Gasteiger partial charge is 0.320 e. The summed E-state index contributed by atoms with van der Waals surface area (Å²) in [6, 6.07) is -0.108. The zero-order valence-corrected chi connectivity index (χ0v) is 12.7. The van der Waals surface area contributed by atoms with Crippen molar-refractivity contribution in [3.8, 4) is 0 Å². The van der Waals surface area contributed by atoms with E-state index >= 15 is 0 Å². The van der Waals surface area contributed by atoms with Crippen LogP contribution in [-0.4, -0.2) is 64.3 Å². The maximum absolute atomic E-state index is 12.5. The molecule has 2 aliphatic rings. The minimum absolute atomic E-state index is 0.0289. The summed E-state index contributed by atoms with van der Waals surface area (Å²) >= 11 is 0. The lowest BCUT2D eigenvalue weighted by Gasteiger charge is -2.37. The highest BCUT2D eigenvalue weighted by Crippen LogP contribution is 2.26. The van der Waals surface area contributed by atoms with Gasteiger partial charge < -0.3 is 20.0 Å². The lowest BCUT2D eigenvalue weighted by Crippen LogP contribution is -2.50. The molecule has 1 saturated carbocycles. The van der Waals surface area contributed by atoms with Crippen LogP contribution in [0.15, 0.2) is 0 Å². The van der Waals surface area contributed by atoms with Gasteiger partial charge in [0.2, 0.25) is 0 Å². The largest absolute Gasteiger partial charge is 0.481 e. The SMILES string of the molecule is CN(C(=O)N1CCC(CCC(=O)O)C1)C1CCCCC1O. The molecule has 6 nitrogen and oxygen atoms in total. The van der Waals surface area contributed by atoms with Gasteiger partial charge in [0.1, 0.15) is 0 Å². The molecule has 1 aliphatic carbocycles. The summed E-state index contributed by atoms with van der Waals surface area (Å²) in [4.78, 5) is 26.6. The van der Waals surface area contributed by atoms with Crippen molar-refractivity contribution < 1.29 is 19.8 Å². The van der Waals surface area contributed by atoms with Crippen LogP contribution in [0.2, 0.25) is 0 Å². The van der Waals surface area contributed by atoms with E-state index in [2.05, 4.69) is 0 Å². The summed E-state index contributed by atoms with van der Waals surface area (Å²) < 4.78 is 0. The van der Waals surface area contributed by atoms with Gasteiger partial charge in [-0.05, 0) is 31.6 Å². The van der Waals surface area contributed by atoms with E-state index < -0.39 is 12.1 Å². The van der Waals surface area contributed by atoms with Gasteiger partial charge in [-0.25, -0.2) is 4.79 Å². The fraction of sp³-hybridized carbons (Fsp3) is 0.867. The maximum Gasteiger partial charge on any atom is 0.320 e. The van der Waals surface area contributed by atoms with E-state index in [0.717, 1.165) is 32.1 Å². The molecule has 1 saturated heterocycles. The minimum Gasteiger partial charge on any atom is -0.481 e.